The second kappa shape index (κ2) is 7.91. The van der Waals surface area contributed by atoms with E-state index in [0.29, 0.717) is 0 Å². The summed E-state index contributed by atoms with van der Waals surface area (Å²) in [6, 6.07) is 16.4. The van der Waals surface area contributed by atoms with Crippen molar-refractivity contribution in [3.63, 3.8) is 0 Å². The summed E-state index contributed by atoms with van der Waals surface area (Å²) in [6.07, 6.45) is 17.0. The van der Waals surface area contributed by atoms with Crippen molar-refractivity contribution < 1.29 is 16.8 Å². The van der Waals surface area contributed by atoms with Crippen molar-refractivity contribution >= 4 is 46.4 Å². The van der Waals surface area contributed by atoms with Crippen LogP contribution in [0, 0.1) is 12.8 Å². The molecule has 27 heavy (non-hydrogen) atoms. The summed E-state index contributed by atoms with van der Waals surface area (Å²) >= 11 is 0. The standard InChI is InChI=1S/C20H14N4.C2H.Co/c1-2-14-10-16-5-6-18(23-16)12-20-8-7-19(24-20)11-17-4-3-15(22-17)9-13(1)21-14;1-2;/h1-12,21-22H;1H;/q;-1;. The number of nitrogens with one attached hydrogen (secondary N) is 2. The van der Waals surface area contributed by atoms with Crippen LogP contribution in [0.15, 0.2) is 48.5 Å². The molecule has 0 amide bonds. The van der Waals surface area contributed by atoms with Gasteiger partial charge in [-0.2, -0.15) is 0 Å². The Kier molecular flexibility index (Phi) is 5.41. The quantitative estimate of drug-likeness (QED) is 0.291. The van der Waals surface area contributed by atoms with E-state index in [-0.39, 0.29) is 16.8 Å². The maximum Gasteiger partial charge on any atom is 0.0659 e. The third-order valence-electron chi connectivity index (χ3n) is 4.04. The fraction of sp³-hybridized carbons (Fsp3) is 0. The number of terminal acetylenes is 1. The van der Waals surface area contributed by atoms with E-state index in [9.17, 15) is 0 Å². The first-order chi connectivity index (χ1) is 12.8. The molecule has 5 rings (SSSR count). The normalized spacial score (nSPS) is 11.3. The summed E-state index contributed by atoms with van der Waals surface area (Å²) in [7, 11) is 0. The van der Waals surface area contributed by atoms with Crippen LogP contribution in [0.4, 0.5) is 0 Å². The summed E-state index contributed by atoms with van der Waals surface area (Å²) in [5, 5.41) is 0. The molecule has 133 valence electrons. The van der Waals surface area contributed by atoms with Gasteiger partial charge in [-0.25, -0.2) is 9.97 Å². The first kappa shape index (κ1) is 18.5. The molecule has 8 bridgehead atoms. The Morgan fingerprint density at radius 1 is 0.556 bits per heavy atom. The van der Waals surface area contributed by atoms with Crippen molar-refractivity contribution in [2.75, 3.05) is 0 Å². The van der Waals surface area contributed by atoms with Gasteiger partial charge < -0.3 is 22.8 Å². The number of nitrogens with zero attached hydrogens (tertiary/aromatic N) is 2. The topological polar surface area (TPSA) is 57.4 Å². The minimum absolute atomic E-state index is 0. The van der Waals surface area contributed by atoms with E-state index in [0.717, 1.165) is 44.8 Å². The smallest absolute Gasteiger partial charge is 0.0659 e. The largest absolute Gasteiger partial charge is 0.697 e. The number of hydrogen-bond acceptors (Lipinski definition) is 2. The van der Waals surface area contributed by atoms with Gasteiger partial charge in [0.15, 0.2) is 0 Å². The Bertz CT molecular complexity index is 1120. The Morgan fingerprint density at radius 3 is 1.30 bits per heavy atom. The molecule has 0 fully saturated rings. The zero-order valence-electron chi connectivity index (χ0n) is 14.2. The third kappa shape index (κ3) is 4.09. The molecule has 5 heterocycles. The molecule has 1 radical (unpaired) electrons. The SMILES string of the molecule is C1=Cc2cc3ccc(cc4ccc(cc5nc(cc1n2)C=C5)[nH]4)[nH]3.[C-]#C.[Co]. The molecule has 2 aliphatic rings. The molecule has 0 aromatic carbocycles. The van der Waals surface area contributed by atoms with E-state index in [1.54, 1.807) is 0 Å². The number of rotatable bonds is 0. The van der Waals surface area contributed by atoms with Gasteiger partial charge >= 0.3 is 0 Å². The average Bonchev–Trinajstić information content (AvgIpc) is 3.42. The van der Waals surface area contributed by atoms with Crippen LogP contribution in [0.1, 0.15) is 22.8 Å². The van der Waals surface area contributed by atoms with Crippen LogP contribution in [-0.2, 0) is 16.8 Å². The summed E-state index contributed by atoms with van der Waals surface area (Å²) in [6.45, 7) is 0. The number of fused-ring (bicyclic) bond motifs is 8. The zero-order chi connectivity index (χ0) is 17.9. The van der Waals surface area contributed by atoms with Crippen molar-refractivity contribution in [2.45, 2.75) is 0 Å². The molecule has 2 aliphatic heterocycles. The zero-order valence-corrected chi connectivity index (χ0v) is 15.3. The molecular formula is C22H15CoN4-. The van der Waals surface area contributed by atoms with Crippen LogP contribution in [0.2, 0.25) is 0 Å². The number of aromatic amines is 2. The van der Waals surface area contributed by atoms with E-state index in [1.165, 1.54) is 0 Å². The second-order valence-corrected chi connectivity index (χ2v) is 5.91. The molecule has 3 aromatic rings. The maximum absolute atomic E-state index is 5.25. The molecule has 2 N–H and O–H groups in total. The molecule has 5 heteroatoms. The van der Waals surface area contributed by atoms with E-state index in [1.807, 2.05) is 42.5 Å². The molecule has 4 nitrogen and oxygen atoms in total. The molecule has 0 atom stereocenters. The summed E-state index contributed by atoms with van der Waals surface area (Å²) < 4.78 is 0. The fourth-order valence-corrected chi connectivity index (χ4v) is 2.94. The second-order valence-electron chi connectivity index (χ2n) is 5.91. The van der Waals surface area contributed by atoms with Gasteiger partial charge in [0.25, 0.3) is 0 Å². The molecule has 0 spiro atoms. The Labute approximate surface area is 167 Å². The van der Waals surface area contributed by atoms with Crippen LogP contribution in [0.3, 0.4) is 0 Å². The van der Waals surface area contributed by atoms with E-state index >= 15 is 0 Å². The van der Waals surface area contributed by atoms with Crippen molar-refractivity contribution in [3.05, 3.63) is 77.7 Å². The molecule has 0 unspecified atom stereocenters. The van der Waals surface area contributed by atoms with E-state index in [2.05, 4.69) is 56.7 Å². The molecular weight excluding hydrogens is 379 g/mol. The van der Waals surface area contributed by atoms with Gasteiger partial charge in [-0.1, -0.05) is 0 Å². The van der Waals surface area contributed by atoms with E-state index in [4.69, 9.17) is 6.42 Å². The first-order valence-electron chi connectivity index (χ1n) is 8.14. The van der Waals surface area contributed by atoms with Crippen molar-refractivity contribution in [1.82, 2.24) is 19.9 Å². The summed E-state index contributed by atoms with van der Waals surface area (Å²) in [5.41, 5.74) is 7.86. The first-order valence-corrected chi connectivity index (χ1v) is 8.14. The minimum atomic E-state index is 0. The Hall–Kier alpha value is -3.33. The summed E-state index contributed by atoms with van der Waals surface area (Å²) in [5.74, 6) is 0. The molecule has 3 aromatic heterocycles. The van der Waals surface area contributed by atoms with Gasteiger partial charge in [0, 0.05) is 38.8 Å². The van der Waals surface area contributed by atoms with Crippen molar-refractivity contribution in [2.24, 2.45) is 0 Å². The van der Waals surface area contributed by atoms with Gasteiger partial charge in [0.05, 0.1) is 22.8 Å². The van der Waals surface area contributed by atoms with E-state index < -0.39 is 0 Å². The van der Waals surface area contributed by atoms with Crippen molar-refractivity contribution in [3.8, 4) is 6.42 Å². The van der Waals surface area contributed by atoms with Crippen LogP contribution < -0.4 is 0 Å². The molecule has 0 saturated heterocycles. The average molecular weight is 394 g/mol. The number of hydrogen-bond donors (Lipinski definition) is 2. The van der Waals surface area contributed by atoms with Crippen LogP contribution in [0.5, 0.6) is 0 Å². The van der Waals surface area contributed by atoms with Crippen LogP contribution in [-0.4, -0.2) is 19.9 Å². The number of H-pyrrole nitrogens is 2. The summed E-state index contributed by atoms with van der Waals surface area (Å²) in [4.78, 5) is 16.0. The van der Waals surface area contributed by atoms with Gasteiger partial charge in [0.1, 0.15) is 0 Å². The Balaban J connectivity index is 0.000000680. The third-order valence-corrected chi connectivity index (χ3v) is 4.04. The molecule has 0 aliphatic carbocycles. The van der Waals surface area contributed by atoms with Gasteiger partial charge in [-0.3, -0.25) is 0 Å². The monoisotopic (exact) mass is 394 g/mol. The predicted octanol–water partition coefficient (Wildman–Crippen LogP) is 4.86. The van der Waals surface area contributed by atoms with Gasteiger partial charge in [-0.15, -0.1) is 0 Å². The van der Waals surface area contributed by atoms with Gasteiger partial charge in [0.2, 0.25) is 0 Å². The fourth-order valence-electron chi connectivity index (χ4n) is 2.94. The Morgan fingerprint density at radius 2 is 0.889 bits per heavy atom. The van der Waals surface area contributed by atoms with Crippen molar-refractivity contribution in [1.29, 1.82) is 0 Å². The minimum Gasteiger partial charge on any atom is -0.697 e. The number of aromatic nitrogens is 4. The van der Waals surface area contributed by atoms with Gasteiger partial charge in [-0.05, 0) is 72.8 Å². The van der Waals surface area contributed by atoms with Crippen LogP contribution >= 0.6 is 0 Å². The predicted molar refractivity (Wildman–Crippen MR) is 107 cm³/mol. The van der Waals surface area contributed by atoms with Crippen LogP contribution in [0.25, 0.3) is 46.4 Å². The maximum atomic E-state index is 5.25. The molecule has 0 saturated carbocycles.